The third kappa shape index (κ3) is 2.50. The molecule has 0 radical (unpaired) electrons. The van der Waals surface area contributed by atoms with Crippen LogP contribution in [0, 0.1) is 0 Å². The fourth-order valence-electron chi connectivity index (χ4n) is 1.11. The Kier molecular flexibility index (Phi) is 2.78. The zero-order chi connectivity index (χ0) is 8.10. The van der Waals surface area contributed by atoms with Crippen molar-refractivity contribution in [1.29, 1.82) is 0 Å². The first-order chi connectivity index (χ1) is 5.33. The quantitative estimate of drug-likeness (QED) is 0.440. The van der Waals surface area contributed by atoms with Gasteiger partial charge in [-0.2, -0.15) is 0 Å². The van der Waals surface area contributed by atoms with Gasteiger partial charge in [0.2, 0.25) is 0 Å². The molecule has 0 unspecified atom stereocenters. The normalized spacial score (nSPS) is 18.5. The predicted molar refractivity (Wildman–Crippen MR) is 42.1 cm³/mol. The molecule has 0 atom stereocenters. The average Bonchev–Trinajstić information content (AvgIpc) is 2.01. The van der Waals surface area contributed by atoms with E-state index >= 15 is 0 Å². The third-order valence-electron chi connectivity index (χ3n) is 1.62. The largest absolute Gasteiger partial charge is 0.299 e. The summed E-state index contributed by atoms with van der Waals surface area (Å²) in [7, 11) is 0. The highest BCUT2D eigenvalue weighted by atomic mass is 16.1. The minimum atomic E-state index is 0.168. The van der Waals surface area contributed by atoms with Crippen molar-refractivity contribution in [2.24, 2.45) is 0 Å². The maximum Gasteiger partial charge on any atom is 0.155 e. The molecule has 0 aromatic rings. The number of hydrogen-bond donors (Lipinski definition) is 0. The summed E-state index contributed by atoms with van der Waals surface area (Å²) in [6.07, 6.45) is 7.93. The van der Waals surface area contributed by atoms with E-state index in [4.69, 9.17) is 0 Å². The van der Waals surface area contributed by atoms with Crippen LogP contribution in [0.2, 0.25) is 0 Å². The minimum absolute atomic E-state index is 0.168. The highest BCUT2D eigenvalue weighted by molar-refractivity contribution is 5.91. The van der Waals surface area contributed by atoms with E-state index in [2.05, 4.69) is 0 Å². The molecule has 11 heavy (non-hydrogen) atoms. The SMILES string of the molecule is O=C/C=C/C1=CC(=O)CCC1. The van der Waals surface area contributed by atoms with Crippen LogP contribution in [-0.4, -0.2) is 12.1 Å². The van der Waals surface area contributed by atoms with Gasteiger partial charge in [0.05, 0.1) is 0 Å². The van der Waals surface area contributed by atoms with E-state index in [0.29, 0.717) is 6.42 Å². The lowest BCUT2D eigenvalue weighted by atomic mass is 9.98. The Morgan fingerprint density at radius 1 is 1.36 bits per heavy atom. The van der Waals surface area contributed by atoms with Gasteiger partial charge >= 0.3 is 0 Å². The summed E-state index contributed by atoms with van der Waals surface area (Å²) in [5.41, 5.74) is 0.966. The first-order valence-electron chi connectivity index (χ1n) is 3.68. The predicted octanol–water partition coefficient (Wildman–Crippen LogP) is 1.42. The number of rotatable bonds is 2. The van der Waals surface area contributed by atoms with Gasteiger partial charge < -0.3 is 0 Å². The molecule has 0 N–H and O–H groups in total. The molecule has 58 valence electrons. The van der Waals surface area contributed by atoms with Crippen molar-refractivity contribution in [3.8, 4) is 0 Å². The molecule has 0 saturated heterocycles. The highest BCUT2D eigenvalue weighted by Gasteiger charge is 2.06. The van der Waals surface area contributed by atoms with Crippen LogP contribution in [0.25, 0.3) is 0 Å². The van der Waals surface area contributed by atoms with E-state index in [-0.39, 0.29) is 5.78 Å². The fraction of sp³-hybridized carbons (Fsp3) is 0.333. The van der Waals surface area contributed by atoms with Crippen LogP contribution in [-0.2, 0) is 9.59 Å². The molecule has 1 rings (SSSR count). The van der Waals surface area contributed by atoms with E-state index < -0.39 is 0 Å². The summed E-state index contributed by atoms with van der Waals surface area (Å²) in [6, 6.07) is 0. The van der Waals surface area contributed by atoms with Crippen molar-refractivity contribution in [2.45, 2.75) is 19.3 Å². The number of allylic oxidation sites excluding steroid dienone is 4. The lowest BCUT2D eigenvalue weighted by molar-refractivity contribution is -0.115. The Hall–Kier alpha value is -1.18. The summed E-state index contributed by atoms with van der Waals surface area (Å²) in [5, 5.41) is 0. The summed E-state index contributed by atoms with van der Waals surface area (Å²) >= 11 is 0. The summed E-state index contributed by atoms with van der Waals surface area (Å²) < 4.78 is 0. The van der Waals surface area contributed by atoms with Crippen molar-refractivity contribution >= 4 is 12.1 Å². The molecule has 0 aliphatic heterocycles. The zero-order valence-corrected chi connectivity index (χ0v) is 6.25. The molecule has 2 heteroatoms. The van der Waals surface area contributed by atoms with Crippen LogP contribution < -0.4 is 0 Å². The summed E-state index contributed by atoms with van der Waals surface area (Å²) in [4.78, 5) is 20.8. The van der Waals surface area contributed by atoms with Gasteiger partial charge in [-0.15, -0.1) is 0 Å². The second-order valence-corrected chi connectivity index (χ2v) is 2.53. The lowest BCUT2D eigenvalue weighted by Crippen LogP contribution is -2.00. The van der Waals surface area contributed by atoms with Gasteiger partial charge in [-0.1, -0.05) is 6.08 Å². The van der Waals surface area contributed by atoms with E-state index in [9.17, 15) is 9.59 Å². The van der Waals surface area contributed by atoms with E-state index in [0.717, 1.165) is 24.7 Å². The van der Waals surface area contributed by atoms with Gasteiger partial charge in [-0.05, 0) is 30.6 Å². The molecule has 1 aliphatic carbocycles. The van der Waals surface area contributed by atoms with Crippen LogP contribution in [0.5, 0.6) is 0 Å². The Morgan fingerprint density at radius 2 is 2.18 bits per heavy atom. The fourth-order valence-corrected chi connectivity index (χ4v) is 1.11. The molecule has 1 aliphatic rings. The minimum Gasteiger partial charge on any atom is -0.299 e. The Labute approximate surface area is 65.6 Å². The van der Waals surface area contributed by atoms with Crippen molar-refractivity contribution in [3.63, 3.8) is 0 Å². The van der Waals surface area contributed by atoms with Gasteiger partial charge in [0.15, 0.2) is 5.78 Å². The Balaban J connectivity index is 2.63. The van der Waals surface area contributed by atoms with E-state index in [1.54, 1.807) is 12.2 Å². The number of carbonyl (C=O) groups is 2. The van der Waals surface area contributed by atoms with Crippen molar-refractivity contribution in [3.05, 3.63) is 23.8 Å². The van der Waals surface area contributed by atoms with Gasteiger partial charge in [-0.3, -0.25) is 9.59 Å². The van der Waals surface area contributed by atoms with Crippen molar-refractivity contribution in [2.75, 3.05) is 0 Å². The summed E-state index contributed by atoms with van der Waals surface area (Å²) in [5.74, 6) is 0.168. The van der Waals surface area contributed by atoms with Crippen molar-refractivity contribution in [1.82, 2.24) is 0 Å². The first-order valence-corrected chi connectivity index (χ1v) is 3.68. The molecule has 0 aromatic heterocycles. The topological polar surface area (TPSA) is 34.1 Å². The second-order valence-electron chi connectivity index (χ2n) is 2.53. The van der Waals surface area contributed by atoms with Gasteiger partial charge in [0.25, 0.3) is 0 Å². The molecule has 0 spiro atoms. The molecule has 0 fully saturated rings. The zero-order valence-electron chi connectivity index (χ0n) is 6.25. The number of hydrogen-bond acceptors (Lipinski definition) is 2. The highest BCUT2D eigenvalue weighted by Crippen LogP contribution is 2.15. The second kappa shape index (κ2) is 3.86. The average molecular weight is 150 g/mol. The van der Waals surface area contributed by atoms with Crippen LogP contribution in [0.4, 0.5) is 0 Å². The molecular weight excluding hydrogens is 140 g/mol. The Bertz CT molecular complexity index is 224. The number of ketones is 1. The standard InChI is InChI=1S/C9H10O2/c10-6-2-4-8-3-1-5-9(11)7-8/h2,4,6-7H,1,3,5H2/b4-2+. The van der Waals surface area contributed by atoms with Gasteiger partial charge in [-0.25, -0.2) is 0 Å². The number of carbonyl (C=O) groups excluding carboxylic acids is 2. The van der Waals surface area contributed by atoms with Crippen molar-refractivity contribution < 1.29 is 9.59 Å². The van der Waals surface area contributed by atoms with Gasteiger partial charge in [0, 0.05) is 6.42 Å². The smallest absolute Gasteiger partial charge is 0.155 e. The van der Waals surface area contributed by atoms with Crippen LogP contribution in [0.15, 0.2) is 23.8 Å². The maximum atomic E-state index is 10.8. The maximum absolute atomic E-state index is 10.8. The van der Waals surface area contributed by atoms with Crippen LogP contribution >= 0.6 is 0 Å². The lowest BCUT2D eigenvalue weighted by Gasteiger charge is -2.06. The molecule has 0 bridgehead atoms. The van der Waals surface area contributed by atoms with E-state index in [1.165, 1.54) is 6.08 Å². The molecule has 2 nitrogen and oxygen atoms in total. The molecule has 0 saturated carbocycles. The van der Waals surface area contributed by atoms with Gasteiger partial charge in [0.1, 0.15) is 6.29 Å². The monoisotopic (exact) mass is 150 g/mol. The molecule has 0 heterocycles. The Morgan fingerprint density at radius 3 is 2.82 bits per heavy atom. The third-order valence-corrected chi connectivity index (χ3v) is 1.62. The number of aldehydes is 1. The summed E-state index contributed by atoms with van der Waals surface area (Å²) in [6.45, 7) is 0. The van der Waals surface area contributed by atoms with Crippen LogP contribution in [0.3, 0.4) is 0 Å². The van der Waals surface area contributed by atoms with Crippen LogP contribution in [0.1, 0.15) is 19.3 Å². The first kappa shape index (κ1) is 7.92. The molecular formula is C9H10O2. The van der Waals surface area contributed by atoms with E-state index in [1.807, 2.05) is 0 Å². The molecule has 0 aromatic carbocycles. The molecule has 0 amide bonds.